The molecule has 188 valence electrons. The lowest BCUT2D eigenvalue weighted by Crippen LogP contribution is -2.27. The molecule has 0 radical (unpaired) electrons. The van der Waals surface area contributed by atoms with E-state index in [-0.39, 0.29) is 0 Å². The van der Waals surface area contributed by atoms with E-state index in [9.17, 15) is 0 Å². The smallest absolute Gasteiger partial charge is 0.0826 e. The second-order valence-corrected chi connectivity index (χ2v) is 10.5. The van der Waals surface area contributed by atoms with E-state index >= 15 is 0 Å². The van der Waals surface area contributed by atoms with Crippen LogP contribution in [0.3, 0.4) is 0 Å². The van der Waals surface area contributed by atoms with Gasteiger partial charge in [-0.1, -0.05) is 24.3 Å². The second-order valence-electron chi connectivity index (χ2n) is 10.5. The first-order valence-corrected chi connectivity index (χ1v) is 13.4. The van der Waals surface area contributed by atoms with E-state index in [4.69, 9.17) is 18.9 Å². The molecule has 0 aromatic heterocycles. The Morgan fingerprint density at radius 1 is 0.486 bits per heavy atom. The van der Waals surface area contributed by atoms with Gasteiger partial charge in [-0.3, -0.25) is 0 Å². The van der Waals surface area contributed by atoms with E-state index in [0.717, 1.165) is 84.7 Å². The lowest BCUT2D eigenvalue weighted by atomic mass is 10.0. The maximum atomic E-state index is 5.43. The van der Waals surface area contributed by atoms with E-state index < -0.39 is 0 Å². The van der Waals surface area contributed by atoms with Crippen LogP contribution in [0.25, 0.3) is 0 Å². The summed E-state index contributed by atoms with van der Waals surface area (Å²) in [7, 11) is 0. The molecule has 4 unspecified atom stereocenters. The molecule has 4 saturated heterocycles. The Labute approximate surface area is 209 Å². The van der Waals surface area contributed by atoms with Crippen molar-refractivity contribution in [2.45, 2.75) is 56.5 Å². The molecule has 4 aliphatic heterocycles. The molecule has 35 heavy (non-hydrogen) atoms. The molecule has 6 nitrogen and oxygen atoms in total. The molecule has 2 aromatic carbocycles. The minimum absolute atomic E-state index is 0.469. The summed E-state index contributed by atoms with van der Waals surface area (Å²) in [5.41, 5.74) is 5.32. The van der Waals surface area contributed by atoms with Gasteiger partial charge in [0.2, 0.25) is 0 Å². The van der Waals surface area contributed by atoms with Gasteiger partial charge in [0.25, 0.3) is 0 Å². The van der Waals surface area contributed by atoms with Gasteiger partial charge in [-0.05, 0) is 67.5 Å². The average molecular weight is 479 g/mol. The van der Waals surface area contributed by atoms with Crippen LogP contribution in [0.2, 0.25) is 0 Å². The Balaban J connectivity index is 1.04. The molecular formula is C29H38N2O4. The zero-order chi connectivity index (χ0) is 23.5. The maximum Gasteiger partial charge on any atom is 0.0826 e. The molecule has 6 rings (SSSR count). The van der Waals surface area contributed by atoms with Gasteiger partial charge in [0.1, 0.15) is 0 Å². The fourth-order valence-corrected chi connectivity index (χ4v) is 4.76. The molecule has 0 bridgehead atoms. The number of nitrogens with zero attached hydrogens (tertiary/aromatic N) is 2. The molecule has 0 spiro atoms. The molecule has 6 heteroatoms. The standard InChI is InChI=1S/C29H38N2O4/c1-5-24(30(13-9-26-18-32-26)14-10-27-19-33-27)6-2-22(1)17-23-3-7-25(8-4-23)31(15-11-28-20-34-28)16-12-29-21-35-29/h1-8,26-29H,9-21H2. The molecule has 0 amide bonds. The minimum atomic E-state index is 0.469. The summed E-state index contributed by atoms with van der Waals surface area (Å²) in [6, 6.07) is 18.3. The van der Waals surface area contributed by atoms with E-state index in [2.05, 4.69) is 58.3 Å². The summed E-state index contributed by atoms with van der Waals surface area (Å²) >= 11 is 0. The first kappa shape index (κ1) is 23.3. The number of anilines is 2. The van der Waals surface area contributed by atoms with Crippen LogP contribution in [-0.2, 0) is 25.4 Å². The van der Waals surface area contributed by atoms with Crippen molar-refractivity contribution in [1.29, 1.82) is 0 Å². The normalized spacial score (nSPS) is 25.8. The summed E-state index contributed by atoms with van der Waals surface area (Å²) < 4.78 is 21.7. The third kappa shape index (κ3) is 7.43. The Bertz CT molecular complexity index is 825. The fraction of sp³-hybridized carbons (Fsp3) is 0.586. The Kier molecular flexibility index (Phi) is 7.23. The van der Waals surface area contributed by atoms with Gasteiger partial charge in [0.05, 0.1) is 50.8 Å². The van der Waals surface area contributed by atoms with Crippen molar-refractivity contribution in [2.75, 3.05) is 62.4 Å². The number of rotatable bonds is 16. The molecule has 4 atom stereocenters. The maximum absolute atomic E-state index is 5.43. The summed E-state index contributed by atoms with van der Waals surface area (Å²) in [4.78, 5) is 4.99. The van der Waals surface area contributed by atoms with Crippen molar-refractivity contribution in [3.05, 3.63) is 59.7 Å². The summed E-state index contributed by atoms with van der Waals surface area (Å²) in [5.74, 6) is 0. The second kappa shape index (κ2) is 10.9. The van der Waals surface area contributed by atoms with E-state index in [0.29, 0.717) is 24.4 Å². The van der Waals surface area contributed by atoms with Crippen LogP contribution in [-0.4, -0.2) is 77.0 Å². The predicted octanol–water partition coefficient (Wildman–Crippen LogP) is 4.05. The SMILES string of the molecule is c1cc(N(CCC2CO2)CCC2CO2)ccc1Cc1ccc(N(CCC2CO2)CCC2CO2)cc1. The van der Waals surface area contributed by atoms with Crippen LogP contribution in [0.4, 0.5) is 11.4 Å². The third-order valence-electron chi connectivity index (χ3n) is 7.50. The lowest BCUT2D eigenvalue weighted by molar-refractivity contribution is 0.388. The van der Waals surface area contributed by atoms with Crippen molar-refractivity contribution in [3.63, 3.8) is 0 Å². The zero-order valence-corrected chi connectivity index (χ0v) is 20.6. The van der Waals surface area contributed by atoms with Crippen molar-refractivity contribution in [2.24, 2.45) is 0 Å². The van der Waals surface area contributed by atoms with Gasteiger partial charge in [-0.2, -0.15) is 0 Å². The predicted molar refractivity (Wildman–Crippen MR) is 138 cm³/mol. The summed E-state index contributed by atoms with van der Waals surface area (Å²) in [5, 5.41) is 0. The van der Waals surface area contributed by atoms with Crippen LogP contribution in [0.15, 0.2) is 48.5 Å². The van der Waals surface area contributed by atoms with Crippen molar-refractivity contribution >= 4 is 11.4 Å². The van der Waals surface area contributed by atoms with Gasteiger partial charge in [0.15, 0.2) is 0 Å². The van der Waals surface area contributed by atoms with Gasteiger partial charge in [0, 0.05) is 37.6 Å². The fourth-order valence-electron chi connectivity index (χ4n) is 4.76. The van der Waals surface area contributed by atoms with Gasteiger partial charge in [-0.15, -0.1) is 0 Å². The molecular weight excluding hydrogens is 440 g/mol. The average Bonchev–Trinajstić information content (AvgIpc) is 3.72. The first-order valence-electron chi connectivity index (χ1n) is 13.4. The highest BCUT2D eigenvalue weighted by atomic mass is 16.6. The minimum Gasteiger partial charge on any atom is -0.373 e. The summed E-state index contributed by atoms with van der Waals surface area (Å²) in [6.07, 6.45) is 7.27. The monoisotopic (exact) mass is 478 g/mol. The number of hydrogen-bond acceptors (Lipinski definition) is 6. The first-order chi connectivity index (χ1) is 17.3. The zero-order valence-electron chi connectivity index (χ0n) is 20.6. The third-order valence-corrected chi connectivity index (χ3v) is 7.50. The van der Waals surface area contributed by atoms with E-state index in [1.807, 2.05) is 0 Å². The highest BCUT2D eigenvalue weighted by Gasteiger charge is 2.27. The lowest BCUT2D eigenvalue weighted by Gasteiger charge is -2.25. The largest absolute Gasteiger partial charge is 0.373 e. The Hall–Kier alpha value is -2.12. The quantitative estimate of drug-likeness (QED) is 0.340. The van der Waals surface area contributed by atoms with Crippen LogP contribution in [0.5, 0.6) is 0 Å². The molecule has 0 saturated carbocycles. The highest BCUT2D eigenvalue weighted by molar-refractivity contribution is 5.50. The molecule has 0 N–H and O–H groups in total. The molecule has 0 aliphatic carbocycles. The van der Waals surface area contributed by atoms with Crippen LogP contribution >= 0.6 is 0 Å². The molecule has 4 heterocycles. The van der Waals surface area contributed by atoms with Crippen LogP contribution in [0.1, 0.15) is 36.8 Å². The van der Waals surface area contributed by atoms with Gasteiger partial charge >= 0.3 is 0 Å². The van der Waals surface area contributed by atoms with Crippen LogP contribution in [0, 0.1) is 0 Å². The topological polar surface area (TPSA) is 56.6 Å². The molecule has 4 aliphatic rings. The van der Waals surface area contributed by atoms with E-state index in [1.165, 1.54) is 22.5 Å². The number of hydrogen-bond donors (Lipinski definition) is 0. The summed E-state index contributed by atoms with van der Waals surface area (Å²) in [6.45, 7) is 7.92. The van der Waals surface area contributed by atoms with Crippen molar-refractivity contribution in [1.82, 2.24) is 0 Å². The number of ether oxygens (including phenoxy) is 4. The van der Waals surface area contributed by atoms with Crippen molar-refractivity contribution < 1.29 is 18.9 Å². The highest BCUT2D eigenvalue weighted by Crippen LogP contribution is 2.25. The molecule has 4 fully saturated rings. The Morgan fingerprint density at radius 3 is 1.03 bits per heavy atom. The van der Waals surface area contributed by atoms with Crippen LogP contribution < -0.4 is 9.80 Å². The Morgan fingerprint density at radius 2 is 0.771 bits per heavy atom. The van der Waals surface area contributed by atoms with Crippen molar-refractivity contribution in [3.8, 4) is 0 Å². The van der Waals surface area contributed by atoms with Gasteiger partial charge < -0.3 is 28.7 Å². The van der Waals surface area contributed by atoms with E-state index in [1.54, 1.807) is 0 Å². The number of benzene rings is 2. The number of epoxide rings is 4. The molecule has 2 aromatic rings. The van der Waals surface area contributed by atoms with Gasteiger partial charge in [-0.25, -0.2) is 0 Å².